The lowest BCUT2D eigenvalue weighted by Crippen LogP contribution is -2.58. The monoisotopic (exact) mass is 352 g/mol. The molecule has 0 saturated carbocycles. The predicted octanol–water partition coefficient (Wildman–Crippen LogP) is 2.26. The van der Waals surface area contributed by atoms with Gasteiger partial charge >= 0.3 is 0 Å². The average molecular weight is 352 g/mol. The van der Waals surface area contributed by atoms with Gasteiger partial charge in [0.05, 0.1) is 5.56 Å². The van der Waals surface area contributed by atoms with Crippen molar-refractivity contribution in [1.82, 2.24) is 14.8 Å². The van der Waals surface area contributed by atoms with Gasteiger partial charge in [-0.2, -0.15) is 0 Å². The van der Waals surface area contributed by atoms with Gasteiger partial charge < -0.3 is 15.1 Å². The summed E-state index contributed by atoms with van der Waals surface area (Å²) < 4.78 is 0. The number of hydrogen-bond donors (Lipinski definition) is 1. The minimum atomic E-state index is -0.698. The third-order valence-corrected chi connectivity index (χ3v) is 4.79. The number of pyridine rings is 1. The first kappa shape index (κ1) is 17.9. The van der Waals surface area contributed by atoms with Crippen molar-refractivity contribution in [3.8, 4) is 0 Å². The van der Waals surface area contributed by atoms with Crippen LogP contribution in [0, 0.1) is 0 Å². The van der Waals surface area contributed by atoms with Crippen molar-refractivity contribution < 1.29 is 9.59 Å². The molecule has 136 valence electrons. The summed E-state index contributed by atoms with van der Waals surface area (Å²) in [6.07, 6.45) is 4.35. The maximum absolute atomic E-state index is 12.9. The summed E-state index contributed by atoms with van der Waals surface area (Å²) in [6.45, 7) is 1.04. The molecule has 0 radical (unpaired) electrons. The predicted molar refractivity (Wildman–Crippen MR) is 101 cm³/mol. The number of rotatable bonds is 4. The summed E-state index contributed by atoms with van der Waals surface area (Å²) in [5.41, 5.74) is 0.793. The first-order valence-electron chi connectivity index (χ1n) is 8.76. The van der Waals surface area contributed by atoms with Crippen LogP contribution in [0.4, 0.5) is 5.69 Å². The quantitative estimate of drug-likeness (QED) is 0.917. The van der Waals surface area contributed by atoms with Crippen LogP contribution in [0.5, 0.6) is 0 Å². The third-order valence-electron chi connectivity index (χ3n) is 4.79. The highest BCUT2D eigenvalue weighted by molar-refractivity contribution is 5.94. The zero-order valence-electron chi connectivity index (χ0n) is 15.2. The molecule has 1 N–H and O–H groups in total. The molecule has 0 aliphatic carbocycles. The van der Waals surface area contributed by atoms with Crippen LogP contribution in [0.3, 0.4) is 0 Å². The second-order valence-electron chi connectivity index (χ2n) is 6.81. The van der Waals surface area contributed by atoms with E-state index in [1.807, 2.05) is 30.3 Å². The maximum atomic E-state index is 12.9. The Labute approximate surface area is 153 Å². The Balaban J connectivity index is 1.76. The number of nitrogens with one attached hydrogen (secondary N) is 1. The number of likely N-dealkylation sites (N-methyl/N-ethyl adjacent to an activating group) is 1. The van der Waals surface area contributed by atoms with Gasteiger partial charge in [0, 0.05) is 45.3 Å². The van der Waals surface area contributed by atoms with E-state index in [-0.39, 0.29) is 11.8 Å². The first-order chi connectivity index (χ1) is 12.5. The van der Waals surface area contributed by atoms with Gasteiger partial charge in [-0.15, -0.1) is 0 Å². The van der Waals surface area contributed by atoms with Gasteiger partial charge in [0.15, 0.2) is 0 Å². The third kappa shape index (κ3) is 3.69. The number of piperidine rings is 1. The fourth-order valence-electron chi connectivity index (χ4n) is 3.38. The van der Waals surface area contributed by atoms with Gasteiger partial charge in [-0.05, 0) is 37.1 Å². The number of nitrogens with zero attached hydrogens (tertiary/aromatic N) is 3. The molecule has 1 fully saturated rings. The maximum Gasteiger partial charge on any atom is 0.255 e. The molecule has 0 unspecified atom stereocenters. The number of likely N-dealkylation sites (tertiary alicyclic amines) is 1. The largest absolute Gasteiger partial charge is 0.371 e. The van der Waals surface area contributed by atoms with Crippen molar-refractivity contribution in [3.63, 3.8) is 0 Å². The van der Waals surface area contributed by atoms with Crippen molar-refractivity contribution in [2.24, 2.45) is 0 Å². The van der Waals surface area contributed by atoms with Crippen LogP contribution in [0.25, 0.3) is 0 Å². The van der Waals surface area contributed by atoms with Gasteiger partial charge in [0.2, 0.25) is 5.91 Å². The Hall–Kier alpha value is -2.89. The van der Waals surface area contributed by atoms with Crippen molar-refractivity contribution in [1.29, 1.82) is 0 Å². The molecule has 0 atom stereocenters. The van der Waals surface area contributed by atoms with Gasteiger partial charge in [0.25, 0.3) is 5.91 Å². The number of hydrogen-bond acceptors (Lipinski definition) is 4. The Morgan fingerprint density at radius 1 is 1.08 bits per heavy atom. The smallest absolute Gasteiger partial charge is 0.255 e. The van der Waals surface area contributed by atoms with Gasteiger partial charge in [-0.1, -0.05) is 18.2 Å². The molecule has 0 spiro atoms. The summed E-state index contributed by atoms with van der Waals surface area (Å²) >= 11 is 0. The van der Waals surface area contributed by atoms with E-state index in [9.17, 15) is 9.59 Å². The molecule has 0 bridgehead atoms. The van der Waals surface area contributed by atoms with Crippen molar-refractivity contribution >= 4 is 17.5 Å². The molecule has 1 aromatic carbocycles. The topological polar surface area (TPSA) is 65.5 Å². The molecule has 1 saturated heterocycles. The van der Waals surface area contributed by atoms with E-state index in [0.29, 0.717) is 31.5 Å². The molecule has 1 aliphatic heterocycles. The Morgan fingerprint density at radius 3 is 2.35 bits per heavy atom. The van der Waals surface area contributed by atoms with Crippen LogP contribution in [0.15, 0.2) is 54.9 Å². The van der Waals surface area contributed by atoms with Crippen LogP contribution >= 0.6 is 0 Å². The standard InChI is InChI=1S/C20H24N4O2/c1-23(2)19(26)20(22-17-8-4-3-5-9-17)10-13-24(14-11-20)18(25)16-7-6-12-21-15-16/h3-9,12,15,22H,10-11,13-14H2,1-2H3. The number of benzene rings is 1. The fourth-order valence-corrected chi connectivity index (χ4v) is 3.38. The van der Waals surface area contributed by atoms with Gasteiger partial charge in [-0.25, -0.2) is 0 Å². The lowest BCUT2D eigenvalue weighted by atomic mass is 9.85. The van der Waals surface area contributed by atoms with E-state index in [1.54, 1.807) is 48.4 Å². The molecule has 1 aromatic heterocycles. The van der Waals surface area contributed by atoms with Crippen LogP contribution in [0.2, 0.25) is 0 Å². The molecule has 1 aliphatic rings. The van der Waals surface area contributed by atoms with Crippen LogP contribution in [-0.2, 0) is 4.79 Å². The van der Waals surface area contributed by atoms with Crippen LogP contribution in [-0.4, -0.2) is 59.3 Å². The summed E-state index contributed by atoms with van der Waals surface area (Å²) in [7, 11) is 3.54. The zero-order chi connectivity index (χ0) is 18.6. The van der Waals surface area contributed by atoms with E-state index in [4.69, 9.17) is 0 Å². The second kappa shape index (κ2) is 7.56. The summed E-state index contributed by atoms with van der Waals surface area (Å²) in [4.78, 5) is 33.0. The minimum Gasteiger partial charge on any atom is -0.371 e. The van der Waals surface area contributed by atoms with E-state index in [2.05, 4.69) is 10.3 Å². The highest BCUT2D eigenvalue weighted by Crippen LogP contribution is 2.29. The number of carbonyl (C=O) groups is 2. The van der Waals surface area contributed by atoms with E-state index < -0.39 is 5.54 Å². The van der Waals surface area contributed by atoms with Crippen LogP contribution in [0.1, 0.15) is 23.2 Å². The molecule has 6 nitrogen and oxygen atoms in total. The SMILES string of the molecule is CN(C)C(=O)C1(Nc2ccccc2)CCN(C(=O)c2cccnc2)CC1. The van der Waals surface area contributed by atoms with E-state index >= 15 is 0 Å². The number of aromatic nitrogens is 1. The Bertz CT molecular complexity index is 754. The lowest BCUT2D eigenvalue weighted by Gasteiger charge is -2.43. The molecule has 2 amide bonds. The van der Waals surface area contributed by atoms with Crippen molar-refractivity contribution in [2.75, 3.05) is 32.5 Å². The Kier molecular flexibility index (Phi) is 5.21. The fraction of sp³-hybridized carbons (Fsp3) is 0.350. The molecule has 3 rings (SSSR count). The molecule has 26 heavy (non-hydrogen) atoms. The average Bonchev–Trinajstić information content (AvgIpc) is 2.69. The molecule has 6 heteroatoms. The summed E-state index contributed by atoms with van der Waals surface area (Å²) in [5, 5.41) is 3.43. The number of carbonyl (C=O) groups excluding carboxylic acids is 2. The Morgan fingerprint density at radius 2 is 1.77 bits per heavy atom. The van der Waals surface area contributed by atoms with Crippen molar-refractivity contribution in [2.45, 2.75) is 18.4 Å². The number of amides is 2. The van der Waals surface area contributed by atoms with Gasteiger partial charge in [0.1, 0.15) is 5.54 Å². The zero-order valence-corrected chi connectivity index (χ0v) is 15.2. The number of para-hydroxylation sites is 1. The van der Waals surface area contributed by atoms with Gasteiger partial charge in [-0.3, -0.25) is 14.6 Å². The van der Waals surface area contributed by atoms with E-state index in [1.165, 1.54) is 0 Å². The molecular formula is C20H24N4O2. The molecule has 2 heterocycles. The highest BCUT2D eigenvalue weighted by atomic mass is 16.2. The molecule has 2 aromatic rings. The summed E-state index contributed by atoms with van der Waals surface area (Å²) in [5.74, 6) is -0.00135. The molecular weight excluding hydrogens is 328 g/mol. The first-order valence-corrected chi connectivity index (χ1v) is 8.76. The van der Waals surface area contributed by atoms with E-state index in [0.717, 1.165) is 5.69 Å². The van der Waals surface area contributed by atoms with Crippen LogP contribution < -0.4 is 5.32 Å². The summed E-state index contributed by atoms with van der Waals surface area (Å²) in [6, 6.07) is 13.3. The normalized spacial score (nSPS) is 16.0. The highest BCUT2D eigenvalue weighted by Gasteiger charge is 2.43. The lowest BCUT2D eigenvalue weighted by molar-refractivity contribution is -0.135. The second-order valence-corrected chi connectivity index (χ2v) is 6.81. The number of anilines is 1. The minimum absolute atomic E-state index is 0.0369. The van der Waals surface area contributed by atoms with Crippen molar-refractivity contribution in [3.05, 3.63) is 60.4 Å².